The minimum Gasteiger partial charge on any atom is -0.497 e. The molecule has 1 aromatic heterocycles. The van der Waals surface area contributed by atoms with Gasteiger partial charge in [-0.05, 0) is 28.1 Å². The van der Waals surface area contributed by atoms with Gasteiger partial charge in [0.2, 0.25) is 0 Å². The van der Waals surface area contributed by atoms with Crippen molar-refractivity contribution in [1.29, 1.82) is 0 Å². The summed E-state index contributed by atoms with van der Waals surface area (Å²) in [4.78, 5) is 19.9. The zero-order valence-corrected chi connectivity index (χ0v) is 11.6. The van der Waals surface area contributed by atoms with Crippen molar-refractivity contribution in [2.24, 2.45) is 0 Å². The molecule has 0 bridgehead atoms. The van der Waals surface area contributed by atoms with Crippen LogP contribution in [0.4, 0.5) is 11.5 Å². The molecule has 0 unspecified atom stereocenters. The molecule has 0 aliphatic carbocycles. The molecule has 19 heavy (non-hydrogen) atoms. The number of aromatic nitrogens is 2. The second-order valence-corrected chi connectivity index (χ2v) is 4.43. The van der Waals surface area contributed by atoms with E-state index < -0.39 is 5.91 Å². The Morgan fingerprint density at radius 1 is 1.47 bits per heavy atom. The summed E-state index contributed by atoms with van der Waals surface area (Å²) in [7, 11) is 1.55. The van der Waals surface area contributed by atoms with Crippen LogP contribution in [0.25, 0.3) is 0 Å². The van der Waals surface area contributed by atoms with E-state index in [-0.39, 0.29) is 11.5 Å². The summed E-state index contributed by atoms with van der Waals surface area (Å²) < 4.78 is 5.52. The van der Waals surface area contributed by atoms with Gasteiger partial charge in [0.25, 0.3) is 5.91 Å². The third kappa shape index (κ3) is 3.19. The van der Waals surface area contributed by atoms with Gasteiger partial charge in [0.15, 0.2) is 11.5 Å². The van der Waals surface area contributed by atoms with Gasteiger partial charge in [-0.1, -0.05) is 6.07 Å². The van der Waals surface area contributed by atoms with Crippen molar-refractivity contribution in [2.45, 2.75) is 0 Å². The zero-order valence-electron chi connectivity index (χ0n) is 10.1. The molecule has 0 aliphatic heterocycles. The first-order valence-electron chi connectivity index (χ1n) is 5.33. The molecule has 0 atom stereocenters. The number of methoxy groups -OCH3 is 1. The van der Waals surface area contributed by atoms with Gasteiger partial charge in [-0.3, -0.25) is 4.79 Å². The number of ether oxygens (including phenoxy) is 1. The Morgan fingerprint density at radius 2 is 2.26 bits per heavy atom. The summed E-state index contributed by atoms with van der Waals surface area (Å²) in [6.07, 6.45) is 1.43. The summed E-state index contributed by atoms with van der Waals surface area (Å²) >= 11 is 3.14. The number of rotatable bonds is 3. The number of halogens is 1. The summed E-state index contributed by atoms with van der Waals surface area (Å²) in [5.41, 5.74) is 6.28. The number of benzene rings is 1. The number of carbonyl (C=O) groups excluding carboxylic acids is 1. The monoisotopic (exact) mass is 322 g/mol. The maximum absolute atomic E-state index is 12.0. The van der Waals surface area contributed by atoms with Crippen molar-refractivity contribution in [1.82, 2.24) is 9.97 Å². The predicted molar refractivity (Wildman–Crippen MR) is 75.1 cm³/mol. The van der Waals surface area contributed by atoms with E-state index in [1.54, 1.807) is 31.4 Å². The second-order valence-electron chi connectivity index (χ2n) is 3.61. The lowest BCUT2D eigenvalue weighted by Gasteiger charge is -2.07. The fraction of sp³-hybridized carbons (Fsp3) is 0.0833. The number of hydrogen-bond donors (Lipinski definition) is 2. The maximum Gasteiger partial charge on any atom is 0.278 e. The van der Waals surface area contributed by atoms with Crippen LogP contribution in [0.5, 0.6) is 5.75 Å². The molecule has 1 amide bonds. The number of nitrogens with one attached hydrogen (secondary N) is 1. The normalized spacial score (nSPS) is 10.0. The Labute approximate surface area is 118 Å². The highest BCUT2D eigenvalue weighted by atomic mass is 79.9. The Kier molecular flexibility index (Phi) is 3.96. The van der Waals surface area contributed by atoms with Crippen LogP contribution in [0.2, 0.25) is 0 Å². The largest absolute Gasteiger partial charge is 0.497 e. The summed E-state index contributed by atoms with van der Waals surface area (Å²) in [6, 6.07) is 6.98. The van der Waals surface area contributed by atoms with E-state index in [1.165, 1.54) is 6.20 Å². The fourth-order valence-electron chi connectivity index (χ4n) is 1.44. The molecule has 0 saturated heterocycles. The number of amides is 1. The van der Waals surface area contributed by atoms with Gasteiger partial charge in [0.05, 0.1) is 13.3 Å². The number of nitrogens with two attached hydrogens (primary N) is 1. The Balaban J connectivity index is 2.23. The number of hydrogen-bond acceptors (Lipinski definition) is 5. The van der Waals surface area contributed by atoms with Crippen molar-refractivity contribution in [3.05, 3.63) is 40.8 Å². The summed E-state index contributed by atoms with van der Waals surface area (Å²) in [5, 5.41) is 2.68. The van der Waals surface area contributed by atoms with Crippen molar-refractivity contribution < 1.29 is 9.53 Å². The van der Waals surface area contributed by atoms with Crippen molar-refractivity contribution >= 4 is 33.3 Å². The van der Waals surface area contributed by atoms with Gasteiger partial charge in [0.1, 0.15) is 10.4 Å². The highest BCUT2D eigenvalue weighted by molar-refractivity contribution is 9.10. The first kappa shape index (κ1) is 13.3. The maximum atomic E-state index is 12.0. The van der Waals surface area contributed by atoms with Crippen LogP contribution in [0, 0.1) is 0 Å². The van der Waals surface area contributed by atoms with Crippen molar-refractivity contribution in [3.63, 3.8) is 0 Å². The highest BCUT2D eigenvalue weighted by Crippen LogP contribution is 2.18. The molecule has 3 N–H and O–H groups in total. The Bertz CT molecular complexity index is 618. The quantitative estimate of drug-likeness (QED) is 0.902. The van der Waals surface area contributed by atoms with Crippen LogP contribution >= 0.6 is 15.9 Å². The van der Waals surface area contributed by atoms with Crippen LogP contribution in [0.15, 0.2) is 35.1 Å². The molecule has 0 aliphatic rings. The molecule has 0 fully saturated rings. The molecular weight excluding hydrogens is 312 g/mol. The average Bonchev–Trinajstić information content (AvgIpc) is 2.41. The van der Waals surface area contributed by atoms with Crippen LogP contribution in [0.1, 0.15) is 10.5 Å². The number of anilines is 2. The molecule has 2 aromatic rings. The third-order valence-electron chi connectivity index (χ3n) is 2.31. The van der Waals surface area contributed by atoms with E-state index >= 15 is 0 Å². The Hall–Kier alpha value is -2.15. The minimum atomic E-state index is -0.431. The van der Waals surface area contributed by atoms with Gasteiger partial charge < -0.3 is 15.8 Å². The van der Waals surface area contributed by atoms with E-state index in [2.05, 4.69) is 31.2 Å². The lowest BCUT2D eigenvalue weighted by molar-refractivity contribution is 0.102. The van der Waals surface area contributed by atoms with E-state index in [9.17, 15) is 4.79 Å². The third-order valence-corrected chi connectivity index (χ3v) is 2.70. The smallest absolute Gasteiger partial charge is 0.278 e. The lowest BCUT2D eigenvalue weighted by Crippen LogP contribution is -2.17. The van der Waals surface area contributed by atoms with Crippen LogP contribution < -0.4 is 15.8 Å². The van der Waals surface area contributed by atoms with Gasteiger partial charge >= 0.3 is 0 Å². The molecule has 0 radical (unpaired) electrons. The first-order chi connectivity index (χ1) is 9.10. The molecule has 2 rings (SSSR count). The molecule has 1 aromatic carbocycles. The molecule has 1 heterocycles. The van der Waals surface area contributed by atoms with E-state index in [0.717, 1.165) is 0 Å². The average molecular weight is 323 g/mol. The van der Waals surface area contributed by atoms with Gasteiger partial charge in [-0.15, -0.1) is 0 Å². The van der Waals surface area contributed by atoms with Gasteiger partial charge in [0, 0.05) is 11.8 Å². The second kappa shape index (κ2) is 5.66. The van der Waals surface area contributed by atoms with Crippen molar-refractivity contribution in [2.75, 3.05) is 18.2 Å². The predicted octanol–water partition coefficient (Wildman–Crippen LogP) is 2.08. The molecule has 98 valence electrons. The Morgan fingerprint density at radius 3 is 3.00 bits per heavy atom. The lowest BCUT2D eigenvalue weighted by atomic mass is 10.3. The number of nitrogen functional groups attached to an aromatic ring is 1. The van der Waals surface area contributed by atoms with E-state index in [0.29, 0.717) is 16.0 Å². The van der Waals surface area contributed by atoms with Crippen molar-refractivity contribution in [3.8, 4) is 5.75 Å². The molecular formula is C12H11BrN4O2. The van der Waals surface area contributed by atoms with Crippen LogP contribution in [-0.2, 0) is 0 Å². The standard InChI is InChI=1S/C12H11BrN4O2/c1-19-8-4-2-3-7(5-8)16-12(18)10-11(14)15-6-9(13)17-10/h2-6H,1H3,(H2,14,15)(H,16,18). The van der Waals surface area contributed by atoms with Crippen LogP contribution in [0.3, 0.4) is 0 Å². The fourth-order valence-corrected chi connectivity index (χ4v) is 1.71. The number of nitrogens with zero attached hydrogens (tertiary/aromatic N) is 2. The van der Waals surface area contributed by atoms with Gasteiger partial charge in [-0.2, -0.15) is 0 Å². The van der Waals surface area contributed by atoms with E-state index in [4.69, 9.17) is 10.5 Å². The summed E-state index contributed by atoms with van der Waals surface area (Å²) in [5.74, 6) is 0.286. The van der Waals surface area contributed by atoms with Crippen LogP contribution in [-0.4, -0.2) is 23.0 Å². The van der Waals surface area contributed by atoms with Gasteiger partial charge in [-0.25, -0.2) is 9.97 Å². The first-order valence-corrected chi connectivity index (χ1v) is 6.13. The number of carbonyl (C=O) groups is 1. The molecule has 0 saturated carbocycles. The van der Waals surface area contributed by atoms with E-state index in [1.807, 2.05) is 0 Å². The zero-order chi connectivity index (χ0) is 13.8. The molecule has 0 spiro atoms. The molecule has 6 nitrogen and oxygen atoms in total. The molecule has 7 heteroatoms. The SMILES string of the molecule is COc1cccc(NC(=O)c2nc(Br)cnc2N)c1. The summed E-state index contributed by atoms with van der Waals surface area (Å²) in [6.45, 7) is 0. The topological polar surface area (TPSA) is 90.1 Å². The minimum absolute atomic E-state index is 0.0668. The highest BCUT2D eigenvalue weighted by Gasteiger charge is 2.13.